The summed E-state index contributed by atoms with van der Waals surface area (Å²) in [6.45, 7) is 2.05. The lowest BCUT2D eigenvalue weighted by Crippen LogP contribution is -2.19. The van der Waals surface area contributed by atoms with Gasteiger partial charge in [-0.25, -0.2) is 13.2 Å². The number of benzene rings is 3. The number of hydrogen-bond donors (Lipinski definition) is 3. The van der Waals surface area contributed by atoms with Crippen LogP contribution in [-0.2, 0) is 4.79 Å². The highest BCUT2D eigenvalue weighted by atomic mass is 35.5. The van der Waals surface area contributed by atoms with E-state index in [1.54, 1.807) is 6.92 Å². The van der Waals surface area contributed by atoms with Crippen LogP contribution in [0.2, 0.25) is 15.1 Å². The maximum atomic E-state index is 14.5. The molecule has 3 aromatic carbocycles. The van der Waals surface area contributed by atoms with Crippen LogP contribution in [0.1, 0.15) is 28.8 Å². The van der Waals surface area contributed by atoms with Crippen molar-refractivity contribution in [3.8, 4) is 0 Å². The normalized spacial score (nSPS) is 17.6. The summed E-state index contributed by atoms with van der Waals surface area (Å²) in [6, 6.07) is 7.90. The van der Waals surface area contributed by atoms with Gasteiger partial charge in [0.15, 0.2) is 0 Å². The van der Waals surface area contributed by atoms with E-state index in [1.165, 1.54) is 18.2 Å². The van der Waals surface area contributed by atoms with Crippen molar-refractivity contribution in [2.75, 3.05) is 22.5 Å². The van der Waals surface area contributed by atoms with Crippen molar-refractivity contribution in [3.63, 3.8) is 0 Å². The van der Waals surface area contributed by atoms with E-state index in [0.717, 1.165) is 18.2 Å². The van der Waals surface area contributed by atoms with Crippen LogP contribution in [0, 0.1) is 23.4 Å². The fourth-order valence-electron chi connectivity index (χ4n) is 3.98. The quantitative estimate of drug-likeness (QED) is 0.183. The molecule has 3 N–H and O–H groups in total. The molecule has 4 rings (SSSR count). The van der Waals surface area contributed by atoms with Gasteiger partial charge in [-0.15, -0.1) is 23.2 Å². The molecule has 0 aliphatic heterocycles. The molecule has 0 unspecified atom stereocenters. The van der Waals surface area contributed by atoms with E-state index in [4.69, 9.17) is 58.0 Å². The molecule has 0 bridgehead atoms. The van der Waals surface area contributed by atoms with Crippen molar-refractivity contribution in [2.45, 2.75) is 17.2 Å². The SMILES string of the molecule is CCNc1cc(NC(=O)c2cc(NC(=O)[C@H]3[C@H](c4cc(Cl)c(Cl)c(Cl)c4)C3(Cl)Cl)ccc2F)c(F)cc1F. The minimum absolute atomic E-state index is 0.0430. The molecule has 38 heavy (non-hydrogen) atoms. The van der Waals surface area contributed by atoms with Gasteiger partial charge in [-0.05, 0) is 48.9 Å². The van der Waals surface area contributed by atoms with Gasteiger partial charge in [-0.1, -0.05) is 34.8 Å². The lowest BCUT2D eigenvalue weighted by molar-refractivity contribution is -0.117. The summed E-state index contributed by atoms with van der Waals surface area (Å²) in [4.78, 5) is 25.7. The molecule has 5 nitrogen and oxygen atoms in total. The first-order valence-electron chi connectivity index (χ1n) is 11.0. The highest BCUT2D eigenvalue weighted by Gasteiger charge is 2.67. The Morgan fingerprint density at radius 3 is 2.13 bits per heavy atom. The van der Waals surface area contributed by atoms with Crippen LogP contribution >= 0.6 is 58.0 Å². The summed E-state index contributed by atoms with van der Waals surface area (Å²) < 4.78 is 41.1. The molecule has 0 heterocycles. The topological polar surface area (TPSA) is 70.2 Å². The Kier molecular flexibility index (Phi) is 8.31. The number of amides is 2. The Balaban J connectivity index is 1.53. The van der Waals surface area contributed by atoms with Crippen LogP contribution in [0.4, 0.5) is 30.2 Å². The number of halogens is 8. The molecule has 2 amide bonds. The largest absolute Gasteiger partial charge is 0.383 e. The van der Waals surface area contributed by atoms with Gasteiger partial charge in [0, 0.05) is 24.2 Å². The average molecular weight is 626 g/mol. The fourth-order valence-corrected chi connectivity index (χ4v) is 5.42. The second kappa shape index (κ2) is 11.0. The van der Waals surface area contributed by atoms with Gasteiger partial charge in [0.1, 0.15) is 21.8 Å². The molecule has 3 aromatic rings. The predicted molar refractivity (Wildman–Crippen MR) is 146 cm³/mol. The molecule has 200 valence electrons. The molecular weight excluding hydrogens is 609 g/mol. The molecule has 0 saturated heterocycles. The Morgan fingerprint density at radius 1 is 0.868 bits per heavy atom. The van der Waals surface area contributed by atoms with Crippen LogP contribution in [-0.4, -0.2) is 22.7 Å². The summed E-state index contributed by atoms with van der Waals surface area (Å²) in [5.41, 5.74) is -0.360. The third-order valence-corrected chi connectivity index (χ3v) is 7.99. The number of carbonyl (C=O) groups is 2. The highest BCUT2D eigenvalue weighted by Crippen LogP contribution is 2.65. The van der Waals surface area contributed by atoms with Crippen LogP contribution in [0.5, 0.6) is 0 Å². The van der Waals surface area contributed by atoms with E-state index in [2.05, 4.69) is 16.0 Å². The predicted octanol–water partition coefficient (Wildman–Crippen LogP) is 8.27. The standard InChI is InChI=1S/C25H17Cl5F3N3O2/c1-2-34-18-9-19(17(33)8-16(18)32)36-23(37)12-7-11(3-4-15(12)31)35-24(38)21-20(25(21,29)30)10-5-13(26)22(28)14(27)6-10/h3-9,20-21,34H,2H2,1H3,(H,35,38)(H,36,37)/t20-,21+/m0/s1. The first kappa shape index (κ1) is 28.6. The van der Waals surface area contributed by atoms with Gasteiger partial charge in [-0.3, -0.25) is 9.59 Å². The minimum Gasteiger partial charge on any atom is -0.383 e. The summed E-state index contributed by atoms with van der Waals surface area (Å²) in [5, 5.41) is 7.92. The van der Waals surface area contributed by atoms with Gasteiger partial charge < -0.3 is 16.0 Å². The lowest BCUT2D eigenvalue weighted by atomic mass is 10.1. The highest BCUT2D eigenvalue weighted by molar-refractivity contribution is 6.54. The van der Waals surface area contributed by atoms with Crippen molar-refractivity contribution in [1.82, 2.24) is 0 Å². The van der Waals surface area contributed by atoms with E-state index in [1.807, 2.05) is 0 Å². The molecule has 2 atom stereocenters. The van der Waals surface area contributed by atoms with Gasteiger partial charge in [-0.2, -0.15) is 0 Å². The van der Waals surface area contributed by atoms with Crippen molar-refractivity contribution in [1.29, 1.82) is 0 Å². The van der Waals surface area contributed by atoms with Crippen molar-refractivity contribution < 1.29 is 22.8 Å². The fraction of sp³-hybridized carbons (Fsp3) is 0.200. The Hall–Kier alpha value is -2.36. The molecule has 1 fully saturated rings. The van der Waals surface area contributed by atoms with Gasteiger partial charge in [0.25, 0.3) is 5.91 Å². The molecule has 1 aliphatic carbocycles. The maximum absolute atomic E-state index is 14.5. The van der Waals surface area contributed by atoms with E-state index in [-0.39, 0.29) is 32.1 Å². The lowest BCUT2D eigenvalue weighted by Gasteiger charge is -2.12. The number of hydrogen-bond acceptors (Lipinski definition) is 3. The summed E-state index contributed by atoms with van der Waals surface area (Å²) in [5.74, 6) is -6.08. The Labute approximate surface area is 240 Å². The van der Waals surface area contributed by atoms with Gasteiger partial charge >= 0.3 is 0 Å². The summed E-state index contributed by atoms with van der Waals surface area (Å²) in [7, 11) is 0. The maximum Gasteiger partial charge on any atom is 0.258 e. The van der Waals surface area contributed by atoms with Gasteiger partial charge in [0.05, 0.1) is 37.9 Å². The number of nitrogens with one attached hydrogen (secondary N) is 3. The zero-order chi connectivity index (χ0) is 27.9. The molecular formula is C25H17Cl5F3N3O2. The number of carbonyl (C=O) groups excluding carboxylic acids is 2. The monoisotopic (exact) mass is 623 g/mol. The van der Waals surface area contributed by atoms with Crippen molar-refractivity contribution >= 4 is 86.9 Å². The third-order valence-electron chi connectivity index (χ3n) is 5.85. The summed E-state index contributed by atoms with van der Waals surface area (Å²) in [6.07, 6.45) is 0. The molecule has 1 saturated carbocycles. The first-order valence-corrected chi connectivity index (χ1v) is 12.9. The van der Waals surface area contributed by atoms with E-state index in [9.17, 15) is 22.8 Å². The van der Waals surface area contributed by atoms with E-state index < -0.39 is 51.0 Å². The Morgan fingerprint density at radius 2 is 1.50 bits per heavy atom. The second-order valence-corrected chi connectivity index (χ2v) is 11.0. The third kappa shape index (κ3) is 5.65. The van der Waals surface area contributed by atoms with Crippen LogP contribution in [0.25, 0.3) is 0 Å². The van der Waals surface area contributed by atoms with Crippen LogP contribution < -0.4 is 16.0 Å². The molecule has 1 aliphatic rings. The van der Waals surface area contributed by atoms with Crippen LogP contribution in [0.3, 0.4) is 0 Å². The number of alkyl halides is 2. The average Bonchev–Trinajstić information content (AvgIpc) is 3.43. The van der Waals surface area contributed by atoms with Crippen LogP contribution in [0.15, 0.2) is 42.5 Å². The molecule has 13 heteroatoms. The molecule has 0 aromatic heterocycles. The zero-order valence-electron chi connectivity index (χ0n) is 19.2. The smallest absolute Gasteiger partial charge is 0.258 e. The minimum atomic E-state index is -1.49. The molecule has 0 spiro atoms. The van der Waals surface area contributed by atoms with Crippen molar-refractivity contribution in [2.24, 2.45) is 5.92 Å². The van der Waals surface area contributed by atoms with Crippen molar-refractivity contribution in [3.05, 3.63) is 86.1 Å². The number of rotatable bonds is 7. The van der Waals surface area contributed by atoms with Gasteiger partial charge in [0.2, 0.25) is 5.91 Å². The zero-order valence-corrected chi connectivity index (χ0v) is 23.0. The summed E-state index contributed by atoms with van der Waals surface area (Å²) >= 11 is 30.9. The van der Waals surface area contributed by atoms with E-state index in [0.29, 0.717) is 18.2 Å². The second-order valence-electron chi connectivity index (χ2n) is 8.41. The Bertz CT molecular complexity index is 1430. The molecule has 0 radical (unpaired) electrons. The number of anilines is 3. The van der Waals surface area contributed by atoms with E-state index >= 15 is 0 Å². The first-order chi connectivity index (χ1) is 17.8.